The lowest BCUT2D eigenvalue weighted by Gasteiger charge is -1.99. The Labute approximate surface area is 105 Å². The van der Waals surface area contributed by atoms with E-state index in [9.17, 15) is 4.91 Å². The molecule has 0 saturated heterocycles. The molecule has 2 rings (SSSR count). The largest absolute Gasteiger partial charge is 0.324 e. The second-order valence-electron chi connectivity index (χ2n) is 3.78. The van der Waals surface area contributed by atoms with Gasteiger partial charge < -0.3 is 5.43 Å². The molecular formula is C14H13N3O. The molecule has 4 nitrogen and oxygen atoms in total. The highest BCUT2D eigenvalue weighted by molar-refractivity contribution is 5.70. The first-order valence-electron chi connectivity index (χ1n) is 5.50. The molecule has 0 atom stereocenters. The molecule has 0 bridgehead atoms. The van der Waals surface area contributed by atoms with Crippen LogP contribution in [-0.2, 0) is 0 Å². The molecule has 0 spiro atoms. The van der Waals surface area contributed by atoms with Crippen LogP contribution in [0.4, 0.5) is 11.4 Å². The van der Waals surface area contributed by atoms with E-state index in [1.54, 1.807) is 12.1 Å². The Morgan fingerprint density at radius 2 is 1.39 bits per heavy atom. The Morgan fingerprint density at radius 3 is 1.83 bits per heavy atom. The summed E-state index contributed by atoms with van der Waals surface area (Å²) in [6.07, 6.45) is 3.96. The monoisotopic (exact) mass is 239 g/mol. The SMILES string of the molecule is NNc1ccc(/C=C/c2ccc(N=O)cc2)cc1. The van der Waals surface area contributed by atoms with Gasteiger partial charge in [-0.05, 0) is 40.6 Å². The van der Waals surface area contributed by atoms with Gasteiger partial charge in [0.1, 0.15) is 5.69 Å². The zero-order chi connectivity index (χ0) is 12.8. The summed E-state index contributed by atoms with van der Waals surface area (Å²) in [7, 11) is 0. The second kappa shape index (κ2) is 5.75. The Bertz CT molecular complexity index is 544. The number of nitrogens with two attached hydrogens (primary N) is 1. The van der Waals surface area contributed by atoms with Crippen molar-refractivity contribution in [2.75, 3.05) is 5.43 Å². The zero-order valence-electron chi connectivity index (χ0n) is 9.71. The van der Waals surface area contributed by atoms with Gasteiger partial charge in [-0.1, -0.05) is 36.4 Å². The van der Waals surface area contributed by atoms with Crippen LogP contribution in [0, 0.1) is 4.91 Å². The van der Waals surface area contributed by atoms with Crippen LogP contribution in [0.25, 0.3) is 12.2 Å². The first-order valence-corrected chi connectivity index (χ1v) is 5.50. The number of nitrogen functional groups attached to an aromatic ring is 1. The molecule has 0 aromatic heterocycles. The lowest BCUT2D eigenvalue weighted by molar-refractivity contribution is 1.35. The molecule has 3 N–H and O–H groups in total. The van der Waals surface area contributed by atoms with Crippen molar-refractivity contribution in [1.82, 2.24) is 0 Å². The van der Waals surface area contributed by atoms with Crippen LogP contribution in [0.1, 0.15) is 11.1 Å². The quantitative estimate of drug-likeness (QED) is 0.371. The van der Waals surface area contributed by atoms with Crippen LogP contribution in [0.5, 0.6) is 0 Å². The summed E-state index contributed by atoms with van der Waals surface area (Å²) >= 11 is 0. The molecule has 0 aliphatic rings. The van der Waals surface area contributed by atoms with E-state index in [-0.39, 0.29) is 0 Å². The molecule has 0 aliphatic heterocycles. The summed E-state index contributed by atoms with van der Waals surface area (Å²) < 4.78 is 0. The molecule has 0 fully saturated rings. The summed E-state index contributed by atoms with van der Waals surface area (Å²) in [5.41, 5.74) is 5.97. The first-order chi connectivity index (χ1) is 8.81. The molecule has 0 amide bonds. The van der Waals surface area contributed by atoms with E-state index in [1.165, 1.54) is 0 Å². The number of anilines is 1. The van der Waals surface area contributed by atoms with E-state index in [0.717, 1.165) is 16.8 Å². The lowest BCUT2D eigenvalue weighted by atomic mass is 10.1. The molecule has 2 aromatic rings. The third-order valence-corrected chi connectivity index (χ3v) is 2.54. The summed E-state index contributed by atoms with van der Waals surface area (Å²) in [6, 6.07) is 14.8. The molecule has 18 heavy (non-hydrogen) atoms. The fourth-order valence-electron chi connectivity index (χ4n) is 1.53. The summed E-state index contributed by atoms with van der Waals surface area (Å²) in [6.45, 7) is 0. The van der Waals surface area contributed by atoms with Crippen molar-refractivity contribution in [2.45, 2.75) is 0 Å². The minimum absolute atomic E-state index is 0.436. The second-order valence-corrected chi connectivity index (χ2v) is 3.78. The fraction of sp³-hybridized carbons (Fsp3) is 0. The van der Waals surface area contributed by atoms with E-state index >= 15 is 0 Å². The van der Waals surface area contributed by atoms with Crippen LogP contribution in [0.2, 0.25) is 0 Å². The van der Waals surface area contributed by atoms with Gasteiger partial charge in [0.2, 0.25) is 0 Å². The average molecular weight is 239 g/mol. The van der Waals surface area contributed by atoms with E-state index in [0.29, 0.717) is 5.69 Å². The predicted molar refractivity (Wildman–Crippen MR) is 75.1 cm³/mol. The van der Waals surface area contributed by atoms with Crippen molar-refractivity contribution in [3.05, 3.63) is 64.6 Å². The van der Waals surface area contributed by atoms with Crippen LogP contribution in [0.3, 0.4) is 0 Å². The summed E-state index contributed by atoms with van der Waals surface area (Å²) in [5, 5.41) is 2.86. The summed E-state index contributed by atoms with van der Waals surface area (Å²) in [5.74, 6) is 5.29. The van der Waals surface area contributed by atoms with Gasteiger partial charge in [0.15, 0.2) is 0 Å². The number of nitrogens with zero attached hydrogens (tertiary/aromatic N) is 1. The van der Waals surface area contributed by atoms with Crippen molar-refractivity contribution < 1.29 is 0 Å². The molecular weight excluding hydrogens is 226 g/mol. The normalized spacial score (nSPS) is 10.5. The van der Waals surface area contributed by atoms with Gasteiger partial charge in [-0.2, -0.15) is 0 Å². The highest BCUT2D eigenvalue weighted by atomic mass is 16.3. The van der Waals surface area contributed by atoms with E-state index in [2.05, 4.69) is 10.6 Å². The molecule has 2 aromatic carbocycles. The topological polar surface area (TPSA) is 67.5 Å². The van der Waals surface area contributed by atoms with Crippen molar-refractivity contribution in [1.29, 1.82) is 0 Å². The number of rotatable bonds is 4. The zero-order valence-corrected chi connectivity index (χ0v) is 9.71. The molecule has 0 saturated carbocycles. The molecule has 0 radical (unpaired) electrons. The maximum absolute atomic E-state index is 10.3. The van der Waals surface area contributed by atoms with Crippen LogP contribution >= 0.6 is 0 Å². The van der Waals surface area contributed by atoms with Gasteiger partial charge in [-0.3, -0.25) is 5.84 Å². The van der Waals surface area contributed by atoms with E-state index < -0.39 is 0 Å². The van der Waals surface area contributed by atoms with Crippen LogP contribution in [-0.4, -0.2) is 0 Å². The van der Waals surface area contributed by atoms with Crippen molar-refractivity contribution in [3.63, 3.8) is 0 Å². The summed E-state index contributed by atoms with van der Waals surface area (Å²) in [4.78, 5) is 10.3. The van der Waals surface area contributed by atoms with Gasteiger partial charge in [0, 0.05) is 5.69 Å². The van der Waals surface area contributed by atoms with Gasteiger partial charge in [0.25, 0.3) is 0 Å². The van der Waals surface area contributed by atoms with E-state index in [1.807, 2.05) is 48.6 Å². The maximum Gasteiger partial charge on any atom is 0.108 e. The van der Waals surface area contributed by atoms with Gasteiger partial charge in [-0.15, -0.1) is 4.91 Å². The highest BCUT2D eigenvalue weighted by Crippen LogP contribution is 2.15. The number of nitrogens with one attached hydrogen (secondary N) is 1. The van der Waals surface area contributed by atoms with Crippen molar-refractivity contribution in [3.8, 4) is 0 Å². The van der Waals surface area contributed by atoms with Crippen molar-refractivity contribution in [2.24, 2.45) is 11.0 Å². The number of hydrogen-bond donors (Lipinski definition) is 2. The fourth-order valence-corrected chi connectivity index (χ4v) is 1.53. The average Bonchev–Trinajstić information content (AvgIpc) is 2.46. The smallest absolute Gasteiger partial charge is 0.108 e. The molecule has 90 valence electrons. The van der Waals surface area contributed by atoms with Gasteiger partial charge in [-0.25, -0.2) is 0 Å². The molecule has 4 heteroatoms. The van der Waals surface area contributed by atoms with Crippen LogP contribution in [0.15, 0.2) is 53.7 Å². The number of hydrogen-bond acceptors (Lipinski definition) is 4. The first kappa shape index (κ1) is 12.0. The Hall–Kier alpha value is -2.46. The van der Waals surface area contributed by atoms with Gasteiger partial charge >= 0.3 is 0 Å². The molecule has 0 heterocycles. The third kappa shape index (κ3) is 3.02. The number of benzene rings is 2. The minimum atomic E-state index is 0.436. The van der Waals surface area contributed by atoms with E-state index in [4.69, 9.17) is 5.84 Å². The standard InChI is InChI=1S/C14H13N3O/c15-16-13-7-3-11(4-8-13)1-2-12-5-9-14(17-18)10-6-12/h1-10,16H,15H2/b2-1+. The molecule has 0 aliphatic carbocycles. The van der Waals surface area contributed by atoms with Gasteiger partial charge in [0.05, 0.1) is 0 Å². The molecule has 0 unspecified atom stereocenters. The Morgan fingerprint density at radius 1 is 0.889 bits per heavy atom. The maximum atomic E-state index is 10.3. The Kier molecular flexibility index (Phi) is 3.83. The van der Waals surface area contributed by atoms with Crippen molar-refractivity contribution >= 4 is 23.5 Å². The minimum Gasteiger partial charge on any atom is -0.324 e. The Balaban J connectivity index is 2.10. The number of nitroso groups, excluding NO2 is 1. The number of hydrazine groups is 1. The lowest BCUT2D eigenvalue weighted by Crippen LogP contribution is -2.05. The predicted octanol–water partition coefficient (Wildman–Crippen LogP) is 3.54. The highest BCUT2D eigenvalue weighted by Gasteiger charge is 1.92. The third-order valence-electron chi connectivity index (χ3n) is 2.54. The van der Waals surface area contributed by atoms with Crippen LogP contribution < -0.4 is 11.3 Å².